The molecule has 1 aromatic carbocycles. The molecule has 0 saturated carbocycles. The predicted molar refractivity (Wildman–Crippen MR) is 43.3 cm³/mol. The van der Waals surface area contributed by atoms with Gasteiger partial charge in [-0.1, -0.05) is 22.0 Å². The summed E-state index contributed by atoms with van der Waals surface area (Å²) in [6, 6.07) is 6.28. The first-order valence-corrected chi connectivity index (χ1v) is 3.39. The summed E-state index contributed by atoms with van der Waals surface area (Å²) in [6.45, 7) is 0. The summed E-state index contributed by atoms with van der Waals surface area (Å²) in [5.41, 5.74) is 0.106. The Bertz CT molecular complexity index is 267. The van der Waals surface area contributed by atoms with Gasteiger partial charge in [0.25, 0.3) is 5.69 Å². The fraction of sp³-hybridized carbons (Fsp3) is 0. The van der Waals surface area contributed by atoms with E-state index in [9.17, 15) is 10.1 Å². The van der Waals surface area contributed by atoms with Gasteiger partial charge in [-0.2, -0.15) is 0 Å². The van der Waals surface area contributed by atoms with Crippen molar-refractivity contribution in [1.82, 2.24) is 0 Å². The van der Waals surface area contributed by atoms with Gasteiger partial charge in [0, 0.05) is 16.6 Å². The van der Waals surface area contributed by atoms with Crippen LogP contribution in [0.15, 0.2) is 28.7 Å². The summed E-state index contributed by atoms with van der Waals surface area (Å²) < 4.78 is 0.724. The number of benzene rings is 1. The smallest absolute Gasteiger partial charge is 0.269 e. The van der Waals surface area contributed by atoms with E-state index in [2.05, 4.69) is 15.9 Å². The molecule has 0 fully saturated rings. The predicted octanol–water partition coefficient (Wildman–Crippen LogP) is 2.51. The minimum absolute atomic E-state index is 0. The van der Waals surface area contributed by atoms with Crippen molar-refractivity contribution >= 4 is 21.6 Å². The molecule has 0 saturated heterocycles. The van der Waals surface area contributed by atoms with Crippen LogP contribution in [0.25, 0.3) is 0 Å². The zero-order valence-electron chi connectivity index (χ0n) is 5.36. The number of halogens is 2. The van der Waals surface area contributed by atoms with Crippen molar-refractivity contribution in [3.63, 3.8) is 0 Å². The third-order valence-electron chi connectivity index (χ3n) is 1.02. The second kappa shape index (κ2) is 4.02. The monoisotopic (exact) mass is 221 g/mol. The maximum atomic E-state index is 10.1. The van der Waals surface area contributed by atoms with E-state index >= 15 is 0 Å². The number of nitro benzene ring substituents is 1. The lowest BCUT2D eigenvalue weighted by Gasteiger charge is -1.89. The Balaban J connectivity index is 0.000001000. The molecule has 0 bridgehead atoms. The molecule has 0 aromatic heterocycles. The Kier molecular flexibility index (Phi) is 3.67. The van der Waals surface area contributed by atoms with Crippen molar-refractivity contribution in [1.29, 1.82) is 0 Å². The second-order valence-electron chi connectivity index (χ2n) is 1.74. The Morgan fingerprint density at radius 1 is 1.45 bits per heavy atom. The van der Waals surface area contributed by atoms with Gasteiger partial charge in [-0.05, 0) is 6.07 Å². The molecule has 11 heavy (non-hydrogen) atoms. The van der Waals surface area contributed by atoms with Crippen molar-refractivity contribution in [2.24, 2.45) is 0 Å². The Morgan fingerprint density at radius 3 is 2.45 bits per heavy atom. The van der Waals surface area contributed by atoms with Crippen molar-refractivity contribution < 1.29 is 9.63 Å². The highest BCUT2D eigenvalue weighted by Gasteiger charge is 2.02. The fourth-order valence-electron chi connectivity index (χ4n) is 0.590. The van der Waals surface area contributed by atoms with Gasteiger partial charge >= 0.3 is 0 Å². The molecule has 1 aromatic rings. The molecule has 0 radical (unpaired) electrons. The van der Waals surface area contributed by atoms with E-state index < -0.39 is 4.92 Å². The molecular weight excluding hydrogens is 217 g/mol. The third-order valence-corrected chi connectivity index (χ3v) is 1.51. The van der Waals surface area contributed by atoms with Crippen LogP contribution in [0.1, 0.15) is 0 Å². The van der Waals surface area contributed by atoms with Crippen LogP contribution in [0.5, 0.6) is 0 Å². The van der Waals surface area contributed by atoms with Gasteiger partial charge in [0.05, 0.1) is 4.92 Å². The first-order chi connectivity index (χ1) is 4.70. The van der Waals surface area contributed by atoms with Gasteiger partial charge in [-0.15, -0.1) is 0 Å². The molecule has 0 spiro atoms. The number of hydrogen-bond acceptors (Lipinski definition) is 2. The summed E-state index contributed by atoms with van der Waals surface area (Å²) >= 11 is 3.13. The number of nitrogens with zero attached hydrogens (tertiary/aromatic N) is 1. The summed E-state index contributed by atoms with van der Waals surface area (Å²) in [6.07, 6.45) is 0. The molecule has 3 nitrogen and oxygen atoms in total. The van der Waals surface area contributed by atoms with Crippen LogP contribution in [0.3, 0.4) is 0 Å². The van der Waals surface area contributed by atoms with Crippen LogP contribution in [-0.4, -0.2) is 4.92 Å². The van der Waals surface area contributed by atoms with Crippen LogP contribution in [0.4, 0.5) is 10.4 Å². The topological polar surface area (TPSA) is 43.1 Å². The van der Waals surface area contributed by atoms with E-state index in [1.165, 1.54) is 12.1 Å². The Hall–Kier alpha value is -0.970. The molecule has 1 rings (SSSR count). The molecule has 0 atom stereocenters. The van der Waals surface area contributed by atoms with Crippen LogP contribution >= 0.6 is 15.9 Å². The Morgan fingerprint density at radius 2 is 2.09 bits per heavy atom. The lowest BCUT2D eigenvalue weighted by molar-refractivity contribution is -0.384. The number of rotatable bonds is 1. The molecule has 0 unspecified atom stereocenters. The fourth-order valence-corrected chi connectivity index (χ4v) is 0.977. The van der Waals surface area contributed by atoms with E-state index in [1.807, 2.05) is 0 Å². The first-order valence-electron chi connectivity index (χ1n) is 2.60. The molecule has 0 N–H and O–H groups in total. The van der Waals surface area contributed by atoms with Gasteiger partial charge in [0.15, 0.2) is 0 Å². The van der Waals surface area contributed by atoms with Crippen molar-refractivity contribution in [2.75, 3.05) is 0 Å². The minimum Gasteiger partial charge on any atom is -0.269 e. The van der Waals surface area contributed by atoms with Gasteiger partial charge in [0.1, 0.15) is 0 Å². The van der Waals surface area contributed by atoms with E-state index in [1.54, 1.807) is 12.1 Å². The lowest BCUT2D eigenvalue weighted by atomic mass is 10.3. The van der Waals surface area contributed by atoms with Crippen LogP contribution in [0, 0.1) is 10.1 Å². The minimum atomic E-state index is -0.426. The van der Waals surface area contributed by atoms with Gasteiger partial charge in [-0.25, -0.2) is 0 Å². The highest BCUT2D eigenvalue weighted by Crippen LogP contribution is 2.16. The molecule has 0 aliphatic rings. The van der Waals surface area contributed by atoms with E-state index in [0.29, 0.717) is 0 Å². The average molecular weight is 222 g/mol. The second-order valence-corrected chi connectivity index (χ2v) is 2.65. The number of hydrogen-bond donors (Lipinski definition) is 0. The first kappa shape index (κ1) is 10.0. The largest absolute Gasteiger partial charge is 0.270 e. The zero-order valence-corrected chi connectivity index (χ0v) is 6.95. The molecule has 0 aliphatic heterocycles. The van der Waals surface area contributed by atoms with E-state index in [-0.39, 0.29) is 10.4 Å². The average Bonchev–Trinajstić information content (AvgIpc) is 1.88. The van der Waals surface area contributed by atoms with Gasteiger partial charge < -0.3 is 0 Å². The van der Waals surface area contributed by atoms with Crippen LogP contribution in [-0.2, 0) is 0 Å². The normalized spacial score (nSPS) is 8.45. The van der Waals surface area contributed by atoms with E-state index in [0.717, 1.165) is 4.47 Å². The lowest BCUT2D eigenvalue weighted by Crippen LogP contribution is -1.85. The maximum absolute atomic E-state index is 10.1. The molecule has 0 aliphatic carbocycles. The van der Waals surface area contributed by atoms with Crippen molar-refractivity contribution in [2.45, 2.75) is 0 Å². The van der Waals surface area contributed by atoms with Gasteiger partial charge in [0.2, 0.25) is 0 Å². The SMILES string of the molecule is F.O=[N+]([O-])c1cccc(Br)c1. The standard InChI is InChI=1S/C6H4BrNO2.FH/c7-5-2-1-3-6(4-5)8(9)10;/h1-4H;1H. The van der Waals surface area contributed by atoms with Crippen molar-refractivity contribution in [3.05, 3.63) is 38.9 Å². The Labute approximate surface area is 70.7 Å². The highest BCUT2D eigenvalue weighted by atomic mass is 79.9. The quantitative estimate of drug-likeness (QED) is 0.541. The summed E-state index contributed by atoms with van der Waals surface area (Å²) in [5, 5.41) is 10.1. The molecule has 0 heterocycles. The maximum Gasteiger partial charge on any atom is 0.270 e. The summed E-state index contributed by atoms with van der Waals surface area (Å²) in [7, 11) is 0. The summed E-state index contributed by atoms with van der Waals surface area (Å²) in [5.74, 6) is 0. The zero-order chi connectivity index (χ0) is 7.56. The highest BCUT2D eigenvalue weighted by molar-refractivity contribution is 9.10. The number of nitro groups is 1. The third kappa shape index (κ3) is 2.63. The van der Waals surface area contributed by atoms with Crippen LogP contribution < -0.4 is 0 Å². The molecule has 60 valence electrons. The van der Waals surface area contributed by atoms with Crippen LogP contribution in [0.2, 0.25) is 0 Å². The molecular formula is C6H5BrFNO2. The number of non-ortho nitro benzene ring substituents is 1. The van der Waals surface area contributed by atoms with E-state index in [4.69, 9.17) is 0 Å². The van der Waals surface area contributed by atoms with Crippen molar-refractivity contribution in [3.8, 4) is 0 Å². The van der Waals surface area contributed by atoms with Gasteiger partial charge in [-0.3, -0.25) is 14.8 Å². The molecule has 5 heteroatoms. The summed E-state index contributed by atoms with van der Waals surface area (Å²) in [4.78, 5) is 9.71. The molecule has 0 amide bonds.